The van der Waals surface area contributed by atoms with Crippen molar-refractivity contribution in [3.63, 3.8) is 0 Å². The minimum Gasteiger partial charge on any atom is -0.368 e. The fourth-order valence-corrected chi connectivity index (χ4v) is 1.64. The normalized spacial score (nSPS) is 14.2. The van der Waals surface area contributed by atoms with Gasteiger partial charge in [-0.3, -0.25) is 4.55 Å². The van der Waals surface area contributed by atoms with Gasteiger partial charge >= 0.3 is 10.4 Å². The van der Waals surface area contributed by atoms with Gasteiger partial charge in [0.15, 0.2) is 6.29 Å². The van der Waals surface area contributed by atoms with E-state index in [0.717, 1.165) is 6.42 Å². The van der Waals surface area contributed by atoms with E-state index in [1.165, 1.54) is 0 Å². The van der Waals surface area contributed by atoms with E-state index in [-0.39, 0.29) is 12.2 Å². The highest BCUT2D eigenvalue weighted by molar-refractivity contribution is 8.02. The maximum atomic E-state index is 10.1. The van der Waals surface area contributed by atoms with Crippen molar-refractivity contribution >= 4 is 22.4 Å². The molecule has 86 valence electrons. The number of hydrogen-bond acceptors (Lipinski definition) is 6. The SMILES string of the molecule is CCCOC(O)CCSOS(=O)(=O)O. The van der Waals surface area contributed by atoms with E-state index in [1.807, 2.05) is 6.92 Å². The van der Waals surface area contributed by atoms with Gasteiger partial charge in [0.1, 0.15) is 0 Å². The third kappa shape index (κ3) is 10.2. The monoisotopic (exact) mass is 246 g/mol. The zero-order chi connectivity index (χ0) is 11.0. The minimum atomic E-state index is -4.40. The largest absolute Gasteiger partial charge is 0.408 e. The lowest BCUT2D eigenvalue weighted by atomic mass is 10.4. The molecule has 0 saturated heterocycles. The lowest BCUT2D eigenvalue weighted by molar-refractivity contribution is -0.0990. The van der Waals surface area contributed by atoms with Crippen LogP contribution in [0.15, 0.2) is 0 Å². The minimum absolute atomic E-state index is 0.213. The predicted octanol–water partition coefficient (Wildman–Crippen LogP) is 0.589. The second kappa shape index (κ2) is 7.43. The third-order valence-corrected chi connectivity index (χ3v) is 2.57. The molecule has 0 rings (SSSR count). The molecule has 0 aliphatic carbocycles. The summed E-state index contributed by atoms with van der Waals surface area (Å²) in [6.45, 7) is 2.36. The first kappa shape index (κ1) is 14.1. The zero-order valence-corrected chi connectivity index (χ0v) is 9.38. The Labute approximate surface area is 87.8 Å². The number of ether oxygens (including phenoxy) is 1. The molecule has 14 heavy (non-hydrogen) atoms. The first-order valence-corrected chi connectivity index (χ1v) is 6.31. The van der Waals surface area contributed by atoms with Crippen molar-refractivity contribution < 1.29 is 26.4 Å². The number of aliphatic hydroxyl groups excluding tert-OH is 1. The van der Waals surface area contributed by atoms with Crippen LogP contribution in [0.2, 0.25) is 0 Å². The molecule has 0 aromatic carbocycles. The van der Waals surface area contributed by atoms with E-state index in [1.54, 1.807) is 0 Å². The van der Waals surface area contributed by atoms with Gasteiger partial charge in [0.2, 0.25) is 0 Å². The van der Waals surface area contributed by atoms with Crippen LogP contribution in [0.1, 0.15) is 19.8 Å². The van der Waals surface area contributed by atoms with E-state index in [2.05, 4.69) is 3.63 Å². The number of hydrogen-bond donors (Lipinski definition) is 2. The average molecular weight is 246 g/mol. The fraction of sp³-hybridized carbons (Fsp3) is 1.00. The fourth-order valence-electron chi connectivity index (χ4n) is 0.581. The second-order valence-electron chi connectivity index (χ2n) is 2.43. The molecule has 0 aromatic heterocycles. The molecule has 1 atom stereocenters. The van der Waals surface area contributed by atoms with Gasteiger partial charge in [0, 0.05) is 30.8 Å². The summed E-state index contributed by atoms with van der Waals surface area (Å²) in [5.41, 5.74) is 0. The first-order chi connectivity index (χ1) is 6.45. The molecule has 2 N–H and O–H groups in total. The second-order valence-corrected chi connectivity index (χ2v) is 4.48. The first-order valence-electron chi connectivity index (χ1n) is 4.04. The van der Waals surface area contributed by atoms with Gasteiger partial charge in [0.25, 0.3) is 0 Å². The summed E-state index contributed by atoms with van der Waals surface area (Å²) >= 11 is 0.544. The van der Waals surface area contributed by atoms with Gasteiger partial charge < -0.3 is 9.84 Å². The van der Waals surface area contributed by atoms with Crippen LogP contribution in [0.5, 0.6) is 0 Å². The topological polar surface area (TPSA) is 93.1 Å². The van der Waals surface area contributed by atoms with Crippen LogP contribution in [0.3, 0.4) is 0 Å². The molecule has 0 radical (unpaired) electrons. The number of rotatable bonds is 8. The van der Waals surface area contributed by atoms with Crippen molar-refractivity contribution in [1.82, 2.24) is 0 Å². The maximum Gasteiger partial charge on any atom is 0.408 e. The van der Waals surface area contributed by atoms with Crippen molar-refractivity contribution in [2.45, 2.75) is 26.1 Å². The molecule has 0 fully saturated rings. The zero-order valence-electron chi connectivity index (χ0n) is 7.75. The Balaban J connectivity index is 3.36. The Morgan fingerprint density at radius 1 is 1.50 bits per heavy atom. The van der Waals surface area contributed by atoms with Gasteiger partial charge in [-0.1, -0.05) is 6.92 Å². The Morgan fingerprint density at radius 3 is 2.64 bits per heavy atom. The standard InChI is InChI=1S/C6H14O6S2/c1-2-4-11-6(7)3-5-13-12-14(8,9)10/h6-7H,2-5H2,1H3,(H,8,9,10). The van der Waals surface area contributed by atoms with E-state index >= 15 is 0 Å². The Kier molecular flexibility index (Phi) is 7.51. The lowest BCUT2D eigenvalue weighted by Crippen LogP contribution is -2.13. The van der Waals surface area contributed by atoms with Crippen LogP contribution in [-0.4, -0.2) is 36.7 Å². The molecule has 0 spiro atoms. The van der Waals surface area contributed by atoms with Gasteiger partial charge in [-0.15, -0.1) is 0 Å². The average Bonchev–Trinajstić information content (AvgIpc) is 2.07. The van der Waals surface area contributed by atoms with Gasteiger partial charge in [-0.2, -0.15) is 12.0 Å². The summed E-state index contributed by atoms with van der Waals surface area (Å²) in [7, 11) is -4.40. The van der Waals surface area contributed by atoms with E-state index in [9.17, 15) is 8.42 Å². The molecular weight excluding hydrogens is 232 g/mol. The van der Waals surface area contributed by atoms with Crippen LogP contribution < -0.4 is 0 Å². The highest BCUT2D eigenvalue weighted by atomic mass is 32.3. The molecule has 0 bridgehead atoms. The summed E-state index contributed by atoms with van der Waals surface area (Å²) in [5, 5.41) is 9.11. The van der Waals surface area contributed by atoms with Crippen LogP contribution in [0, 0.1) is 0 Å². The van der Waals surface area contributed by atoms with Crippen molar-refractivity contribution in [3.8, 4) is 0 Å². The van der Waals surface area contributed by atoms with Crippen molar-refractivity contribution in [1.29, 1.82) is 0 Å². The van der Waals surface area contributed by atoms with Crippen LogP contribution >= 0.6 is 12.0 Å². The van der Waals surface area contributed by atoms with Crippen LogP contribution in [0.4, 0.5) is 0 Å². The number of aliphatic hydroxyl groups is 1. The van der Waals surface area contributed by atoms with Crippen LogP contribution in [0.25, 0.3) is 0 Å². The van der Waals surface area contributed by atoms with Gasteiger partial charge in [0.05, 0.1) is 0 Å². The third-order valence-electron chi connectivity index (χ3n) is 1.10. The molecule has 6 nitrogen and oxygen atoms in total. The summed E-state index contributed by atoms with van der Waals surface area (Å²) in [5.74, 6) is 0.213. The maximum absolute atomic E-state index is 10.1. The summed E-state index contributed by atoms with van der Waals surface area (Å²) < 4.78 is 37.2. The van der Waals surface area contributed by atoms with E-state index in [0.29, 0.717) is 18.6 Å². The van der Waals surface area contributed by atoms with Crippen molar-refractivity contribution in [3.05, 3.63) is 0 Å². The van der Waals surface area contributed by atoms with E-state index < -0.39 is 16.7 Å². The smallest absolute Gasteiger partial charge is 0.368 e. The Morgan fingerprint density at radius 2 is 2.14 bits per heavy atom. The van der Waals surface area contributed by atoms with Gasteiger partial charge in [-0.25, -0.2) is 0 Å². The summed E-state index contributed by atoms with van der Waals surface area (Å²) in [4.78, 5) is 0. The summed E-state index contributed by atoms with van der Waals surface area (Å²) in [6, 6.07) is 0. The van der Waals surface area contributed by atoms with Crippen molar-refractivity contribution in [2.75, 3.05) is 12.4 Å². The molecule has 0 amide bonds. The molecule has 0 saturated carbocycles. The van der Waals surface area contributed by atoms with Crippen LogP contribution in [-0.2, 0) is 18.8 Å². The predicted molar refractivity (Wildman–Crippen MR) is 52.0 cm³/mol. The Bertz CT molecular complexity index is 226. The molecule has 0 aliphatic heterocycles. The molecule has 8 heteroatoms. The molecule has 0 aliphatic rings. The molecule has 1 unspecified atom stereocenters. The van der Waals surface area contributed by atoms with E-state index in [4.69, 9.17) is 14.4 Å². The van der Waals surface area contributed by atoms with Gasteiger partial charge in [-0.05, 0) is 6.42 Å². The Hall–Kier alpha value is 0.140. The quantitative estimate of drug-likeness (QED) is 0.280. The van der Waals surface area contributed by atoms with Crippen molar-refractivity contribution in [2.24, 2.45) is 0 Å². The lowest BCUT2D eigenvalue weighted by Gasteiger charge is -2.09. The molecule has 0 heterocycles. The highest BCUT2D eigenvalue weighted by Gasteiger charge is 2.07. The molecule has 0 aromatic rings. The molecular formula is C6H14O6S2. The summed E-state index contributed by atoms with van der Waals surface area (Å²) in [6.07, 6.45) is 0.110. The highest BCUT2D eigenvalue weighted by Crippen LogP contribution is 2.10.